The number of fused-ring (bicyclic) bond motifs is 1. The molecule has 0 saturated carbocycles. The van der Waals surface area contributed by atoms with Crippen molar-refractivity contribution in [1.82, 2.24) is 9.78 Å². The lowest BCUT2D eigenvalue weighted by Crippen LogP contribution is -2.07. The van der Waals surface area contributed by atoms with Crippen molar-refractivity contribution in [3.05, 3.63) is 117 Å². The molecule has 38 heavy (non-hydrogen) atoms. The molecule has 0 fully saturated rings. The highest BCUT2D eigenvalue weighted by molar-refractivity contribution is 9.10. The summed E-state index contributed by atoms with van der Waals surface area (Å²) >= 11 is 9.23. The van der Waals surface area contributed by atoms with Gasteiger partial charge in [0.25, 0.3) is 0 Å². The van der Waals surface area contributed by atoms with E-state index in [0.717, 1.165) is 12.1 Å². The molecular formula is C28H17BrClF5N2O. The number of alkyl halides is 3. The van der Waals surface area contributed by atoms with Gasteiger partial charge in [-0.25, -0.2) is 8.78 Å². The molecule has 194 valence electrons. The predicted octanol–water partition coefficient (Wildman–Crippen LogP) is 9.04. The molecule has 0 aliphatic rings. The highest BCUT2D eigenvalue weighted by atomic mass is 79.9. The molecule has 1 aromatic heterocycles. The van der Waals surface area contributed by atoms with Crippen LogP contribution in [-0.2, 0) is 19.3 Å². The standard InChI is InChI=1S/C28H17BrClF5N2O/c29-24-10-9-20(31)11-18(24)15-38-21-4-1-3-16(12-21)27-22-5-2-6-23(28(33,34)35)26(22)36-37(27)14-17-7-8-19(30)13-25(17)32/h1-13H,14-15H2. The van der Waals surface area contributed by atoms with Crippen LogP contribution in [0.4, 0.5) is 22.0 Å². The van der Waals surface area contributed by atoms with Crippen LogP contribution in [0.15, 0.2) is 83.3 Å². The molecule has 0 spiro atoms. The zero-order chi connectivity index (χ0) is 27.0. The van der Waals surface area contributed by atoms with Crippen LogP contribution in [0.3, 0.4) is 0 Å². The molecule has 0 unspecified atom stereocenters. The number of ether oxygens (including phenoxy) is 1. The van der Waals surface area contributed by atoms with E-state index in [2.05, 4.69) is 21.0 Å². The van der Waals surface area contributed by atoms with Gasteiger partial charge in [0.15, 0.2) is 0 Å². The third-order valence-electron chi connectivity index (χ3n) is 5.92. The van der Waals surface area contributed by atoms with Crippen molar-refractivity contribution in [2.24, 2.45) is 0 Å². The predicted molar refractivity (Wildman–Crippen MR) is 139 cm³/mol. The Morgan fingerprint density at radius 3 is 2.45 bits per heavy atom. The first kappa shape index (κ1) is 26.2. The van der Waals surface area contributed by atoms with Crippen LogP contribution in [0.5, 0.6) is 5.75 Å². The maximum absolute atomic E-state index is 14.6. The molecule has 0 bridgehead atoms. The van der Waals surface area contributed by atoms with Crippen molar-refractivity contribution in [2.75, 3.05) is 0 Å². The summed E-state index contributed by atoms with van der Waals surface area (Å²) in [5, 5.41) is 4.72. The number of hydrogen-bond donors (Lipinski definition) is 0. The van der Waals surface area contributed by atoms with Crippen LogP contribution < -0.4 is 4.74 Å². The Kier molecular flexibility index (Phi) is 7.15. The maximum atomic E-state index is 14.6. The summed E-state index contributed by atoms with van der Waals surface area (Å²) < 4.78 is 77.6. The van der Waals surface area contributed by atoms with Crippen LogP contribution in [-0.4, -0.2) is 9.78 Å². The first-order valence-corrected chi connectivity index (χ1v) is 12.4. The Hall–Kier alpha value is -3.43. The van der Waals surface area contributed by atoms with E-state index in [0.29, 0.717) is 27.0 Å². The Balaban J connectivity index is 1.59. The van der Waals surface area contributed by atoms with Gasteiger partial charge in [0.05, 0.1) is 17.8 Å². The lowest BCUT2D eigenvalue weighted by atomic mass is 10.0. The molecule has 0 amide bonds. The first-order chi connectivity index (χ1) is 18.1. The second-order valence-corrected chi connectivity index (χ2v) is 9.78. The zero-order valence-electron chi connectivity index (χ0n) is 19.4. The Morgan fingerprint density at radius 1 is 0.895 bits per heavy atom. The van der Waals surface area contributed by atoms with Crippen LogP contribution in [0, 0.1) is 11.6 Å². The van der Waals surface area contributed by atoms with Gasteiger partial charge in [0, 0.05) is 31.6 Å². The van der Waals surface area contributed by atoms with E-state index in [1.165, 1.54) is 35.0 Å². The van der Waals surface area contributed by atoms with Gasteiger partial charge in [-0.3, -0.25) is 4.68 Å². The van der Waals surface area contributed by atoms with Gasteiger partial charge in [-0.05, 0) is 48.5 Å². The lowest BCUT2D eigenvalue weighted by molar-refractivity contribution is -0.136. The van der Waals surface area contributed by atoms with Gasteiger partial charge in [-0.2, -0.15) is 18.3 Å². The molecule has 0 N–H and O–H groups in total. The van der Waals surface area contributed by atoms with Gasteiger partial charge in [0.2, 0.25) is 0 Å². The third-order valence-corrected chi connectivity index (χ3v) is 6.93. The van der Waals surface area contributed by atoms with Crippen LogP contribution in [0.1, 0.15) is 16.7 Å². The minimum Gasteiger partial charge on any atom is -0.489 e. The number of hydrogen-bond acceptors (Lipinski definition) is 2. The zero-order valence-corrected chi connectivity index (χ0v) is 21.7. The largest absolute Gasteiger partial charge is 0.489 e. The number of rotatable bonds is 6. The number of aromatic nitrogens is 2. The summed E-state index contributed by atoms with van der Waals surface area (Å²) in [5.74, 6) is -0.605. The molecule has 5 aromatic rings. The molecule has 10 heteroatoms. The number of nitrogens with zero attached hydrogens (tertiary/aromatic N) is 2. The fourth-order valence-corrected chi connectivity index (χ4v) is 4.68. The molecule has 0 radical (unpaired) electrons. The molecule has 5 rings (SSSR count). The minimum absolute atomic E-state index is 0.0516. The van der Waals surface area contributed by atoms with Gasteiger partial charge in [-0.15, -0.1) is 0 Å². The monoisotopic (exact) mass is 606 g/mol. The number of benzene rings is 4. The van der Waals surface area contributed by atoms with Crippen molar-refractivity contribution in [3.8, 4) is 17.0 Å². The average Bonchev–Trinajstić information content (AvgIpc) is 3.24. The van der Waals surface area contributed by atoms with E-state index >= 15 is 0 Å². The summed E-state index contributed by atoms with van der Waals surface area (Å²) in [5.41, 5.74) is 0.517. The summed E-state index contributed by atoms with van der Waals surface area (Å²) in [6.07, 6.45) is -4.63. The Bertz CT molecular complexity index is 1650. The average molecular weight is 608 g/mol. The Morgan fingerprint density at radius 2 is 1.68 bits per heavy atom. The van der Waals surface area contributed by atoms with E-state index in [1.54, 1.807) is 36.4 Å². The van der Waals surface area contributed by atoms with E-state index in [1.807, 2.05) is 0 Å². The van der Waals surface area contributed by atoms with Gasteiger partial charge in [-0.1, -0.05) is 57.9 Å². The quantitative estimate of drug-likeness (QED) is 0.180. The molecule has 3 nitrogen and oxygen atoms in total. The maximum Gasteiger partial charge on any atom is 0.418 e. The SMILES string of the molecule is Fc1ccc(Br)c(COc2cccc(-c3c4cccc(C(F)(F)F)c4nn3Cc3ccc(Cl)cc3F)c2)c1. The highest BCUT2D eigenvalue weighted by Crippen LogP contribution is 2.39. The third kappa shape index (κ3) is 5.39. The van der Waals surface area contributed by atoms with Crippen LogP contribution in [0.25, 0.3) is 22.2 Å². The van der Waals surface area contributed by atoms with E-state index in [-0.39, 0.29) is 34.6 Å². The van der Waals surface area contributed by atoms with Crippen molar-refractivity contribution in [1.29, 1.82) is 0 Å². The second-order valence-electron chi connectivity index (χ2n) is 8.49. The Labute approximate surface area is 227 Å². The van der Waals surface area contributed by atoms with Crippen molar-refractivity contribution in [2.45, 2.75) is 19.3 Å². The van der Waals surface area contributed by atoms with Crippen molar-refractivity contribution in [3.63, 3.8) is 0 Å². The molecular weight excluding hydrogens is 591 g/mol. The van der Waals surface area contributed by atoms with Gasteiger partial charge < -0.3 is 4.74 Å². The normalized spacial score (nSPS) is 11.8. The summed E-state index contributed by atoms with van der Waals surface area (Å²) in [6, 6.07) is 18.9. The van der Waals surface area contributed by atoms with Crippen molar-refractivity contribution < 1.29 is 26.7 Å². The first-order valence-electron chi connectivity index (χ1n) is 11.3. The number of halogens is 7. The van der Waals surface area contributed by atoms with E-state index < -0.39 is 23.4 Å². The topological polar surface area (TPSA) is 27.1 Å². The lowest BCUT2D eigenvalue weighted by Gasteiger charge is -2.12. The summed E-state index contributed by atoms with van der Waals surface area (Å²) in [4.78, 5) is 0. The molecule has 4 aromatic carbocycles. The smallest absolute Gasteiger partial charge is 0.418 e. The van der Waals surface area contributed by atoms with E-state index in [4.69, 9.17) is 16.3 Å². The fraction of sp³-hybridized carbons (Fsp3) is 0.107. The fourth-order valence-electron chi connectivity index (χ4n) is 4.16. The minimum atomic E-state index is -4.63. The van der Waals surface area contributed by atoms with Crippen molar-refractivity contribution >= 4 is 38.4 Å². The molecule has 0 saturated heterocycles. The van der Waals surface area contributed by atoms with Crippen LogP contribution in [0.2, 0.25) is 5.02 Å². The highest BCUT2D eigenvalue weighted by Gasteiger charge is 2.34. The van der Waals surface area contributed by atoms with Gasteiger partial charge >= 0.3 is 6.18 Å². The summed E-state index contributed by atoms with van der Waals surface area (Å²) in [6.45, 7) is -0.0817. The molecule has 0 aliphatic carbocycles. The summed E-state index contributed by atoms with van der Waals surface area (Å²) in [7, 11) is 0. The van der Waals surface area contributed by atoms with Gasteiger partial charge in [0.1, 0.15) is 29.5 Å². The molecule has 0 aliphatic heterocycles. The molecule has 1 heterocycles. The second kappa shape index (κ2) is 10.4. The van der Waals surface area contributed by atoms with Crippen LogP contribution >= 0.6 is 27.5 Å². The van der Waals surface area contributed by atoms with E-state index in [9.17, 15) is 22.0 Å². The molecule has 0 atom stereocenters.